The molecule has 0 aromatic heterocycles. The molecule has 0 heterocycles. The lowest BCUT2D eigenvalue weighted by molar-refractivity contribution is -0.384. The molecule has 1 atom stereocenters. The fourth-order valence-corrected chi connectivity index (χ4v) is 2.30. The number of aliphatic hydroxyl groups is 1. The molecule has 0 saturated carbocycles. The van der Waals surface area contributed by atoms with Gasteiger partial charge in [0.1, 0.15) is 30.1 Å². The van der Waals surface area contributed by atoms with Crippen LogP contribution in [0.4, 0.5) is 14.5 Å². The van der Waals surface area contributed by atoms with Crippen LogP contribution in [0.3, 0.4) is 0 Å². The predicted molar refractivity (Wildman–Crippen MR) is 119 cm³/mol. The maximum absolute atomic E-state index is 13.7. The molecule has 2 aromatic carbocycles. The third-order valence-electron chi connectivity index (χ3n) is 3.75. The van der Waals surface area contributed by atoms with Crippen LogP contribution >= 0.6 is 24.0 Å². The summed E-state index contributed by atoms with van der Waals surface area (Å²) >= 11 is 0. The fraction of sp³-hybridized carbons (Fsp3) is 0.316. The second-order valence-electron chi connectivity index (χ2n) is 6.03. The van der Waals surface area contributed by atoms with E-state index in [2.05, 4.69) is 15.6 Å². The third kappa shape index (κ3) is 8.45. The molecule has 1 unspecified atom stereocenters. The van der Waals surface area contributed by atoms with E-state index in [0.717, 1.165) is 18.2 Å². The zero-order valence-corrected chi connectivity index (χ0v) is 18.5. The molecule has 2 rings (SSSR count). The summed E-state index contributed by atoms with van der Waals surface area (Å²) in [4.78, 5) is 14.3. The maximum Gasteiger partial charge on any atom is 0.269 e. The van der Waals surface area contributed by atoms with Gasteiger partial charge >= 0.3 is 0 Å². The van der Waals surface area contributed by atoms with E-state index in [-0.39, 0.29) is 54.9 Å². The Balaban J connectivity index is 0.00000450. The highest BCUT2D eigenvalue weighted by Crippen LogP contribution is 2.17. The normalized spacial score (nSPS) is 11.9. The SMILES string of the molecule is CCNC(=NCc1cc(F)ccc1F)NCC(O)COc1ccc([N+](=O)[O-])cc1.I. The Hall–Kier alpha value is -2.54. The van der Waals surface area contributed by atoms with Gasteiger partial charge in [0.15, 0.2) is 5.96 Å². The van der Waals surface area contributed by atoms with Crippen molar-refractivity contribution in [3.05, 3.63) is 69.8 Å². The van der Waals surface area contributed by atoms with E-state index in [1.807, 2.05) is 6.92 Å². The van der Waals surface area contributed by atoms with Crippen molar-refractivity contribution in [1.82, 2.24) is 10.6 Å². The zero-order chi connectivity index (χ0) is 21.2. The maximum atomic E-state index is 13.7. The number of nitro groups is 1. The van der Waals surface area contributed by atoms with E-state index in [0.29, 0.717) is 18.3 Å². The van der Waals surface area contributed by atoms with Gasteiger partial charge in [-0.1, -0.05) is 0 Å². The summed E-state index contributed by atoms with van der Waals surface area (Å²) in [6, 6.07) is 8.65. The number of hydrogen-bond acceptors (Lipinski definition) is 5. The molecule has 30 heavy (non-hydrogen) atoms. The monoisotopic (exact) mass is 536 g/mol. The number of halogens is 3. The summed E-state index contributed by atoms with van der Waals surface area (Å²) in [5.41, 5.74) is 0.0602. The van der Waals surface area contributed by atoms with Crippen LogP contribution in [0.5, 0.6) is 5.75 Å². The summed E-state index contributed by atoms with van der Waals surface area (Å²) in [6.07, 6.45) is -0.903. The van der Waals surface area contributed by atoms with Crippen molar-refractivity contribution in [2.24, 2.45) is 4.99 Å². The van der Waals surface area contributed by atoms with Crippen molar-refractivity contribution in [3.8, 4) is 5.75 Å². The van der Waals surface area contributed by atoms with Crippen molar-refractivity contribution in [3.63, 3.8) is 0 Å². The molecular weight excluding hydrogens is 513 g/mol. The van der Waals surface area contributed by atoms with Crippen molar-refractivity contribution in [2.45, 2.75) is 19.6 Å². The average Bonchev–Trinajstić information content (AvgIpc) is 2.71. The first kappa shape index (κ1) is 25.5. The van der Waals surface area contributed by atoms with Crippen LogP contribution in [-0.4, -0.2) is 41.8 Å². The number of guanidine groups is 1. The molecule has 164 valence electrons. The van der Waals surface area contributed by atoms with Crippen molar-refractivity contribution < 1.29 is 23.5 Å². The number of aliphatic hydroxyl groups excluding tert-OH is 1. The van der Waals surface area contributed by atoms with Gasteiger partial charge in [-0.3, -0.25) is 10.1 Å². The lowest BCUT2D eigenvalue weighted by Crippen LogP contribution is -2.42. The van der Waals surface area contributed by atoms with Gasteiger partial charge in [-0.05, 0) is 37.3 Å². The molecule has 0 aliphatic carbocycles. The van der Waals surface area contributed by atoms with Crippen LogP contribution in [0, 0.1) is 21.7 Å². The summed E-state index contributed by atoms with van der Waals surface area (Å²) in [5, 5.41) is 26.5. The van der Waals surface area contributed by atoms with Gasteiger partial charge < -0.3 is 20.5 Å². The molecule has 2 aromatic rings. The van der Waals surface area contributed by atoms with Crippen LogP contribution in [0.2, 0.25) is 0 Å². The first-order chi connectivity index (χ1) is 13.9. The highest BCUT2D eigenvalue weighted by atomic mass is 127. The first-order valence-corrected chi connectivity index (χ1v) is 8.90. The van der Waals surface area contributed by atoms with Crippen LogP contribution in [0.1, 0.15) is 12.5 Å². The first-order valence-electron chi connectivity index (χ1n) is 8.90. The van der Waals surface area contributed by atoms with Crippen molar-refractivity contribution >= 4 is 35.6 Å². The van der Waals surface area contributed by atoms with Gasteiger partial charge in [-0.15, -0.1) is 24.0 Å². The highest BCUT2D eigenvalue weighted by molar-refractivity contribution is 14.0. The number of ether oxygens (including phenoxy) is 1. The van der Waals surface area contributed by atoms with Gasteiger partial charge in [0.25, 0.3) is 5.69 Å². The Morgan fingerprint density at radius 3 is 2.57 bits per heavy atom. The number of nitro benzene ring substituents is 1. The van der Waals surface area contributed by atoms with Crippen LogP contribution in [0.25, 0.3) is 0 Å². The summed E-state index contributed by atoms with van der Waals surface area (Å²) in [7, 11) is 0. The molecule has 11 heteroatoms. The molecule has 0 radical (unpaired) electrons. The molecule has 8 nitrogen and oxygen atoms in total. The second kappa shape index (κ2) is 12.9. The van der Waals surface area contributed by atoms with E-state index < -0.39 is 22.7 Å². The van der Waals surface area contributed by atoms with E-state index in [4.69, 9.17) is 4.74 Å². The summed E-state index contributed by atoms with van der Waals surface area (Å²) in [6.45, 7) is 2.34. The van der Waals surface area contributed by atoms with Crippen LogP contribution in [0.15, 0.2) is 47.5 Å². The molecule has 0 amide bonds. The largest absolute Gasteiger partial charge is 0.491 e. The summed E-state index contributed by atoms with van der Waals surface area (Å²) in [5.74, 6) is -0.391. The molecule has 0 aliphatic heterocycles. The molecule has 0 fully saturated rings. The van der Waals surface area contributed by atoms with E-state index in [1.165, 1.54) is 24.3 Å². The summed E-state index contributed by atoms with van der Waals surface area (Å²) < 4.78 is 32.3. The van der Waals surface area contributed by atoms with Gasteiger partial charge in [-0.2, -0.15) is 0 Å². The smallest absolute Gasteiger partial charge is 0.269 e. The standard InChI is InChI=1S/C19H22F2N4O4.HI/c1-2-22-19(23-10-13-9-14(20)3-8-18(13)21)24-11-16(26)12-29-17-6-4-15(5-7-17)25(27)28;/h3-9,16,26H,2,10-12H2,1H3,(H2,22,23,24);1H. The Bertz CT molecular complexity index is 853. The number of benzene rings is 2. The van der Waals surface area contributed by atoms with E-state index in [9.17, 15) is 24.0 Å². The molecule has 0 spiro atoms. The molecule has 3 N–H and O–H groups in total. The van der Waals surface area contributed by atoms with Crippen molar-refractivity contribution in [2.75, 3.05) is 19.7 Å². The van der Waals surface area contributed by atoms with Crippen LogP contribution in [-0.2, 0) is 6.54 Å². The molecule has 0 aliphatic rings. The highest BCUT2D eigenvalue weighted by Gasteiger charge is 2.09. The quantitative estimate of drug-likeness (QED) is 0.150. The molecule has 0 bridgehead atoms. The lowest BCUT2D eigenvalue weighted by atomic mass is 10.2. The molecular formula is C19H23F2IN4O4. The number of nitrogens with zero attached hydrogens (tertiary/aromatic N) is 2. The third-order valence-corrected chi connectivity index (χ3v) is 3.75. The second-order valence-corrected chi connectivity index (χ2v) is 6.03. The van der Waals surface area contributed by atoms with E-state index in [1.54, 1.807) is 0 Å². The van der Waals surface area contributed by atoms with Gasteiger partial charge in [0.05, 0.1) is 11.5 Å². The topological polar surface area (TPSA) is 109 Å². The number of rotatable bonds is 9. The number of aliphatic imine (C=N–C) groups is 1. The van der Waals surface area contributed by atoms with Crippen molar-refractivity contribution in [1.29, 1.82) is 0 Å². The zero-order valence-electron chi connectivity index (χ0n) is 16.2. The number of nitrogens with one attached hydrogen (secondary N) is 2. The Morgan fingerprint density at radius 1 is 1.23 bits per heavy atom. The molecule has 0 saturated heterocycles. The van der Waals surface area contributed by atoms with Gasteiger partial charge in [-0.25, -0.2) is 13.8 Å². The number of hydrogen-bond donors (Lipinski definition) is 3. The minimum Gasteiger partial charge on any atom is -0.491 e. The van der Waals surface area contributed by atoms with E-state index >= 15 is 0 Å². The Kier molecular flexibility index (Phi) is 11.0. The fourth-order valence-electron chi connectivity index (χ4n) is 2.30. The average molecular weight is 536 g/mol. The lowest BCUT2D eigenvalue weighted by Gasteiger charge is -2.16. The van der Waals surface area contributed by atoms with Crippen LogP contribution < -0.4 is 15.4 Å². The van der Waals surface area contributed by atoms with Gasteiger partial charge in [0.2, 0.25) is 0 Å². The Morgan fingerprint density at radius 2 is 1.93 bits per heavy atom. The number of non-ortho nitro benzene ring substituents is 1. The van der Waals surface area contributed by atoms with Gasteiger partial charge in [0, 0.05) is 30.8 Å². The minimum atomic E-state index is -0.903. The minimum absolute atomic E-state index is 0. The predicted octanol–water partition coefficient (Wildman–Crippen LogP) is 2.99. The Labute approximate surface area is 189 Å².